The molecule has 0 aliphatic heterocycles. The molecule has 0 unspecified atom stereocenters. The van der Waals surface area contributed by atoms with Gasteiger partial charge in [-0.25, -0.2) is 13.1 Å². The molecule has 0 saturated heterocycles. The van der Waals surface area contributed by atoms with Crippen LogP contribution in [0.5, 0.6) is 5.75 Å². The van der Waals surface area contributed by atoms with Crippen LogP contribution >= 0.6 is 0 Å². The molecule has 0 heterocycles. The van der Waals surface area contributed by atoms with Crippen LogP contribution in [0.15, 0.2) is 53.4 Å². The molecule has 7 nitrogen and oxygen atoms in total. The van der Waals surface area contributed by atoms with E-state index in [-0.39, 0.29) is 23.5 Å². The predicted octanol–water partition coefficient (Wildman–Crippen LogP) is 2.28. The molecule has 1 fully saturated rings. The van der Waals surface area contributed by atoms with Crippen molar-refractivity contribution in [2.75, 3.05) is 11.9 Å². The molecule has 0 aromatic heterocycles. The van der Waals surface area contributed by atoms with E-state index in [4.69, 9.17) is 10.00 Å². The molecular formula is C18H17N3O4S. The second-order valence-electron chi connectivity index (χ2n) is 5.85. The van der Waals surface area contributed by atoms with Crippen molar-refractivity contribution in [2.24, 2.45) is 0 Å². The summed E-state index contributed by atoms with van der Waals surface area (Å²) in [6.45, 7) is -0.0811. The lowest BCUT2D eigenvalue weighted by atomic mass is 10.2. The minimum Gasteiger partial charge on any atom is -0.479 e. The van der Waals surface area contributed by atoms with E-state index in [1.54, 1.807) is 24.3 Å². The number of carbonyl (C=O) groups excluding carboxylic acids is 1. The van der Waals surface area contributed by atoms with Crippen LogP contribution in [0.3, 0.4) is 0 Å². The summed E-state index contributed by atoms with van der Waals surface area (Å²) in [5.41, 5.74) is 0.844. The summed E-state index contributed by atoms with van der Waals surface area (Å²) in [7, 11) is -3.54. The van der Waals surface area contributed by atoms with Crippen molar-refractivity contribution in [3.05, 3.63) is 54.1 Å². The molecule has 0 atom stereocenters. The molecule has 2 N–H and O–H groups in total. The van der Waals surface area contributed by atoms with Gasteiger partial charge in [-0.15, -0.1) is 0 Å². The van der Waals surface area contributed by atoms with Gasteiger partial charge in [0.15, 0.2) is 6.61 Å². The zero-order chi connectivity index (χ0) is 18.6. The number of anilines is 1. The number of amides is 1. The second-order valence-corrected chi connectivity index (χ2v) is 7.56. The summed E-state index contributed by atoms with van der Waals surface area (Å²) in [4.78, 5) is 12.5. The largest absolute Gasteiger partial charge is 0.479 e. The zero-order valence-corrected chi connectivity index (χ0v) is 14.6. The maximum Gasteiger partial charge on any atom is 0.255 e. The Balaban J connectivity index is 1.67. The average Bonchev–Trinajstić information content (AvgIpc) is 3.43. The third-order valence-corrected chi connectivity index (χ3v) is 5.26. The Kier molecular flexibility index (Phi) is 5.21. The monoisotopic (exact) mass is 371 g/mol. The van der Waals surface area contributed by atoms with E-state index in [2.05, 4.69) is 10.0 Å². The Morgan fingerprint density at radius 1 is 1.19 bits per heavy atom. The van der Waals surface area contributed by atoms with Gasteiger partial charge in [-0.2, -0.15) is 5.26 Å². The van der Waals surface area contributed by atoms with Gasteiger partial charge in [-0.05, 0) is 49.2 Å². The average molecular weight is 371 g/mol. The van der Waals surface area contributed by atoms with Crippen LogP contribution in [0.1, 0.15) is 23.2 Å². The Bertz CT molecular complexity index is 945. The minimum atomic E-state index is -3.54. The van der Waals surface area contributed by atoms with E-state index in [1.165, 1.54) is 24.3 Å². The molecular weight excluding hydrogens is 354 g/mol. The highest BCUT2D eigenvalue weighted by Gasteiger charge is 2.27. The fraction of sp³-hybridized carbons (Fsp3) is 0.222. The first-order valence-electron chi connectivity index (χ1n) is 8.01. The lowest BCUT2D eigenvalue weighted by molar-refractivity contribution is 0.102. The van der Waals surface area contributed by atoms with Crippen LogP contribution < -0.4 is 14.8 Å². The van der Waals surface area contributed by atoms with Crippen molar-refractivity contribution in [1.82, 2.24) is 4.72 Å². The van der Waals surface area contributed by atoms with Crippen molar-refractivity contribution in [3.63, 3.8) is 0 Å². The van der Waals surface area contributed by atoms with Crippen LogP contribution in [0.25, 0.3) is 0 Å². The highest BCUT2D eigenvalue weighted by atomic mass is 32.2. The van der Waals surface area contributed by atoms with E-state index < -0.39 is 10.0 Å². The number of ether oxygens (including phenoxy) is 1. The highest BCUT2D eigenvalue weighted by Crippen LogP contribution is 2.22. The molecule has 26 heavy (non-hydrogen) atoms. The number of benzene rings is 2. The molecule has 2 aromatic carbocycles. The van der Waals surface area contributed by atoms with Crippen LogP contribution in [0.4, 0.5) is 5.69 Å². The van der Waals surface area contributed by atoms with E-state index in [0.29, 0.717) is 17.0 Å². The van der Waals surface area contributed by atoms with Gasteiger partial charge in [0, 0.05) is 23.4 Å². The van der Waals surface area contributed by atoms with Gasteiger partial charge in [-0.1, -0.05) is 6.07 Å². The first-order chi connectivity index (χ1) is 12.5. The summed E-state index contributed by atoms with van der Waals surface area (Å²) < 4.78 is 32.0. The molecule has 1 aliphatic carbocycles. The van der Waals surface area contributed by atoms with Crippen LogP contribution in [-0.2, 0) is 10.0 Å². The number of nitrogens with zero attached hydrogens (tertiary/aromatic N) is 1. The van der Waals surface area contributed by atoms with Crippen molar-refractivity contribution in [2.45, 2.75) is 23.8 Å². The first kappa shape index (κ1) is 17.9. The quantitative estimate of drug-likeness (QED) is 0.776. The third-order valence-electron chi connectivity index (χ3n) is 3.72. The van der Waals surface area contributed by atoms with Gasteiger partial charge in [0.25, 0.3) is 5.91 Å². The Morgan fingerprint density at radius 2 is 1.92 bits per heavy atom. The zero-order valence-electron chi connectivity index (χ0n) is 13.8. The summed E-state index contributed by atoms with van der Waals surface area (Å²) in [5.74, 6) is 0.0958. The number of nitriles is 1. The van der Waals surface area contributed by atoms with E-state index >= 15 is 0 Å². The summed E-state index contributed by atoms with van der Waals surface area (Å²) >= 11 is 0. The van der Waals surface area contributed by atoms with Crippen molar-refractivity contribution in [1.29, 1.82) is 5.26 Å². The fourth-order valence-corrected chi connectivity index (χ4v) is 3.56. The Morgan fingerprint density at radius 3 is 2.58 bits per heavy atom. The molecule has 1 aliphatic rings. The summed E-state index contributed by atoms with van der Waals surface area (Å²) in [6, 6.07) is 14.3. The molecule has 8 heteroatoms. The van der Waals surface area contributed by atoms with Crippen LogP contribution in [0.2, 0.25) is 0 Å². The molecule has 0 radical (unpaired) electrons. The summed E-state index contributed by atoms with van der Waals surface area (Å²) in [6.07, 6.45) is 1.72. The molecule has 0 bridgehead atoms. The first-order valence-corrected chi connectivity index (χ1v) is 9.50. The number of hydrogen-bond acceptors (Lipinski definition) is 5. The molecule has 1 amide bonds. The standard InChI is InChI=1S/C18H17N3O4S/c19-10-11-25-16-3-1-2-15(12-16)20-18(22)13-4-8-17(9-5-13)26(23,24)21-14-6-7-14/h1-5,8-9,12,14,21H,6-7,11H2,(H,20,22). The van der Waals surface area contributed by atoms with E-state index in [0.717, 1.165) is 12.8 Å². The van der Waals surface area contributed by atoms with Gasteiger partial charge in [-0.3, -0.25) is 4.79 Å². The van der Waals surface area contributed by atoms with Crippen molar-refractivity contribution < 1.29 is 17.9 Å². The van der Waals surface area contributed by atoms with Crippen molar-refractivity contribution >= 4 is 21.6 Å². The molecule has 3 rings (SSSR count). The Labute approximate surface area is 151 Å². The maximum atomic E-state index is 12.3. The second kappa shape index (κ2) is 7.56. The number of hydrogen-bond donors (Lipinski definition) is 2. The molecule has 134 valence electrons. The van der Waals surface area contributed by atoms with Crippen molar-refractivity contribution in [3.8, 4) is 11.8 Å². The van der Waals surface area contributed by atoms with Gasteiger partial charge in [0.2, 0.25) is 10.0 Å². The maximum absolute atomic E-state index is 12.3. The van der Waals surface area contributed by atoms with Gasteiger partial charge >= 0.3 is 0 Å². The normalized spacial score (nSPS) is 13.7. The molecule has 1 saturated carbocycles. The highest BCUT2D eigenvalue weighted by molar-refractivity contribution is 7.89. The molecule has 2 aromatic rings. The van der Waals surface area contributed by atoms with E-state index in [9.17, 15) is 13.2 Å². The number of rotatable bonds is 7. The van der Waals surface area contributed by atoms with E-state index in [1.807, 2.05) is 6.07 Å². The fourth-order valence-electron chi connectivity index (χ4n) is 2.26. The third kappa shape index (κ3) is 4.59. The minimum absolute atomic E-state index is 0.0264. The molecule has 0 spiro atoms. The van der Waals surface area contributed by atoms with Gasteiger partial charge in [0.1, 0.15) is 11.8 Å². The lowest BCUT2D eigenvalue weighted by Gasteiger charge is -2.09. The summed E-state index contributed by atoms with van der Waals surface area (Å²) in [5, 5.41) is 11.2. The SMILES string of the molecule is N#CCOc1cccc(NC(=O)c2ccc(S(=O)(=O)NC3CC3)cc2)c1. The van der Waals surface area contributed by atoms with Crippen LogP contribution in [-0.4, -0.2) is 27.0 Å². The topological polar surface area (TPSA) is 108 Å². The predicted molar refractivity (Wildman–Crippen MR) is 95.3 cm³/mol. The smallest absolute Gasteiger partial charge is 0.255 e. The Hall–Kier alpha value is -2.89. The van der Waals surface area contributed by atoms with Gasteiger partial charge in [0.05, 0.1) is 4.90 Å². The lowest BCUT2D eigenvalue weighted by Crippen LogP contribution is -2.25. The van der Waals surface area contributed by atoms with Gasteiger partial charge < -0.3 is 10.1 Å². The number of nitrogens with one attached hydrogen (secondary N) is 2. The number of carbonyl (C=O) groups is 1. The van der Waals surface area contributed by atoms with Crippen LogP contribution in [0, 0.1) is 11.3 Å². The number of sulfonamides is 1.